The average Bonchev–Trinajstić information content (AvgIpc) is 2.48. The Labute approximate surface area is 128 Å². The molecule has 2 aromatic rings. The third-order valence-electron chi connectivity index (χ3n) is 3.86. The summed E-state index contributed by atoms with van der Waals surface area (Å²) in [5, 5.41) is 3.81. The van der Waals surface area contributed by atoms with Gasteiger partial charge in [-0.2, -0.15) is 0 Å². The first-order valence-corrected chi connectivity index (χ1v) is 7.19. The second kappa shape index (κ2) is 5.37. The summed E-state index contributed by atoms with van der Waals surface area (Å²) in [4.78, 5) is 18.0. The quantitative estimate of drug-likeness (QED) is 0.863. The van der Waals surface area contributed by atoms with E-state index in [2.05, 4.69) is 10.3 Å². The lowest BCUT2D eigenvalue weighted by Crippen LogP contribution is -2.35. The van der Waals surface area contributed by atoms with Crippen LogP contribution in [0.1, 0.15) is 23.6 Å². The summed E-state index contributed by atoms with van der Waals surface area (Å²) in [7, 11) is 1.81. The minimum absolute atomic E-state index is 0.0869. The van der Waals surface area contributed by atoms with E-state index in [0.717, 1.165) is 22.5 Å². The first-order chi connectivity index (χ1) is 10.1. The largest absolute Gasteiger partial charge is 0.375 e. The minimum Gasteiger partial charge on any atom is -0.375 e. The minimum atomic E-state index is -0.0923. The van der Waals surface area contributed by atoms with Gasteiger partial charge in [-0.05, 0) is 30.2 Å². The lowest BCUT2D eigenvalue weighted by molar-refractivity contribution is -0.118. The standard InChI is InChI=1S/C16H16ClN3O/c1-10-7-8-18-16(17)15(10)19-12-9-14(21)20(2)13-6-4-3-5-11(12)13/h3-8,12,19H,9H2,1-2H3. The first kappa shape index (κ1) is 13.9. The van der Waals surface area contributed by atoms with Crippen molar-refractivity contribution in [1.29, 1.82) is 0 Å². The van der Waals surface area contributed by atoms with Crippen LogP contribution in [0.5, 0.6) is 0 Å². The summed E-state index contributed by atoms with van der Waals surface area (Å²) in [6.07, 6.45) is 2.08. The Balaban J connectivity index is 2.00. The highest BCUT2D eigenvalue weighted by Gasteiger charge is 2.29. The molecule has 1 aromatic heterocycles. The number of aromatic nitrogens is 1. The number of halogens is 1. The molecule has 0 fully saturated rings. The average molecular weight is 302 g/mol. The molecule has 1 aliphatic heterocycles. The van der Waals surface area contributed by atoms with Gasteiger partial charge in [0.15, 0.2) is 5.15 Å². The number of rotatable bonds is 2. The zero-order valence-electron chi connectivity index (χ0n) is 11.9. The number of fused-ring (bicyclic) bond motifs is 1. The molecule has 1 unspecified atom stereocenters. The maximum Gasteiger partial charge on any atom is 0.229 e. The Hall–Kier alpha value is -2.07. The molecular weight excluding hydrogens is 286 g/mol. The van der Waals surface area contributed by atoms with Gasteiger partial charge in [-0.3, -0.25) is 4.79 Å². The first-order valence-electron chi connectivity index (χ1n) is 6.81. The summed E-state index contributed by atoms with van der Waals surface area (Å²) in [6.45, 7) is 1.97. The molecule has 0 radical (unpaired) electrons. The molecule has 5 heteroatoms. The van der Waals surface area contributed by atoms with E-state index in [1.165, 1.54) is 0 Å². The van der Waals surface area contributed by atoms with Crippen molar-refractivity contribution in [2.75, 3.05) is 17.3 Å². The number of amides is 1. The van der Waals surface area contributed by atoms with E-state index in [1.807, 2.05) is 37.3 Å². The van der Waals surface area contributed by atoms with E-state index >= 15 is 0 Å². The van der Waals surface area contributed by atoms with Gasteiger partial charge in [0.2, 0.25) is 5.91 Å². The number of benzene rings is 1. The number of nitrogens with zero attached hydrogens (tertiary/aromatic N) is 2. The van der Waals surface area contributed by atoms with E-state index in [0.29, 0.717) is 11.6 Å². The number of para-hydroxylation sites is 1. The van der Waals surface area contributed by atoms with Crippen molar-refractivity contribution in [2.24, 2.45) is 0 Å². The summed E-state index contributed by atoms with van der Waals surface area (Å²) in [6, 6.07) is 9.72. The zero-order valence-corrected chi connectivity index (χ0v) is 12.7. The number of carbonyl (C=O) groups excluding carboxylic acids is 1. The number of aryl methyl sites for hydroxylation is 1. The fraction of sp³-hybridized carbons (Fsp3) is 0.250. The van der Waals surface area contributed by atoms with Crippen molar-refractivity contribution in [3.05, 3.63) is 52.8 Å². The van der Waals surface area contributed by atoms with E-state index in [9.17, 15) is 4.79 Å². The Kier molecular flexibility index (Phi) is 3.55. The lowest BCUT2D eigenvalue weighted by Gasteiger charge is -2.32. The van der Waals surface area contributed by atoms with Gasteiger partial charge in [0.05, 0.1) is 18.2 Å². The predicted molar refractivity (Wildman–Crippen MR) is 84.8 cm³/mol. The van der Waals surface area contributed by atoms with Crippen LogP contribution in [0.25, 0.3) is 0 Å². The number of pyridine rings is 1. The number of hydrogen-bond acceptors (Lipinski definition) is 3. The van der Waals surface area contributed by atoms with Crippen molar-refractivity contribution in [3.8, 4) is 0 Å². The Morgan fingerprint density at radius 2 is 2.10 bits per heavy atom. The van der Waals surface area contributed by atoms with Crippen molar-refractivity contribution < 1.29 is 4.79 Å². The second-order valence-electron chi connectivity index (χ2n) is 5.21. The third-order valence-corrected chi connectivity index (χ3v) is 4.14. The van der Waals surface area contributed by atoms with Crippen LogP contribution >= 0.6 is 11.6 Å². The van der Waals surface area contributed by atoms with Crippen LogP contribution in [0.2, 0.25) is 5.15 Å². The molecule has 108 valence electrons. The highest BCUT2D eigenvalue weighted by Crippen LogP contribution is 2.37. The molecule has 1 aromatic carbocycles. The molecular formula is C16H16ClN3O. The van der Waals surface area contributed by atoms with Crippen LogP contribution < -0.4 is 10.2 Å². The molecule has 1 aliphatic rings. The van der Waals surface area contributed by atoms with Crippen LogP contribution in [0.15, 0.2) is 36.5 Å². The second-order valence-corrected chi connectivity index (χ2v) is 5.56. The van der Waals surface area contributed by atoms with Gasteiger partial charge in [-0.25, -0.2) is 4.98 Å². The summed E-state index contributed by atoms with van der Waals surface area (Å²) in [5.74, 6) is 0.0869. The van der Waals surface area contributed by atoms with Gasteiger partial charge in [0.25, 0.3) is 0 Å². The van der Waals surface area contributed by atoms with E-state index < -0.39 is 0 Å². The molecule has 0 spiro atoms. The zero-order chi connectivity index (χ0) is 15.0. The monoisotopic (exact) mass is 301 g/mol. The molecule has 2 heterocycles. The maximum atomic E-state index is 12.2. The Bertz CT molecular complexity index is 681. The SMILES string of the molecule is Cc1ccnc(Cl)c1NC1CC(=O)N(C)c2ccccc21. The van der Waals surface area contributed by atoms with Gasteiger partial charge in [0.1, 0.15) is 0 Å². The Morgan fingerprint density at radius 1 is 1.33 bits per heavy atom. The fourth-order valence-corrected chi connectivity index (χ4v) is 2.90. The van der Waals surface area contributed by atoms with Crippen LogP contribution in [-0.2, 0) is 4.79 Å². The van der Waals surface area contributed by atoms with Gasteiger partial charge in [0, 0.05) is 18.9 Å². The highest BCUT2D eigenvalue weighted by molar-refractivity contribution is 6.32. The topological polar surface area (TPSA) is 45.2 Å². The van der Waals surface area contributed by atoms with Crippen LogP contribution in [0.3, 0.4) is 0 Å². The summed E-state index contributed by atoms with van der Waals surface area (Å²) >= 11 is 6.17. The molecule has 1 amide bonds. The van der Waals surface area contributed by atoms with E-state index in [4.69, 9.17) is 11.6 Å². The van der Waals surface area contributed by atoms with Crippen LogP contribution in [0, 0.1) is 6.92 Å². The number of nitrogens with one attached hydrogen (secondary N) is 1. The molecule has 0 saturated heterocycles. The lowest BCUT2D eigenvalue weighted by atomic mass is 9.96. The van der Waals surface area contributed by atoms with Crippen molar-refractivity contribution >= 4 is 28.9 Å². The number of hydrogen-bond donors (Lipinski definition) is 1. The molecule has 0 aliphatic carbocycles. The van der Waals surface area contributed by atoms with Gasteiger partial charge in [-0.1, -0.05) is 29.8 Å². The molecule has 4 nitrogen and oxygen atoms in total. The molecule has 0 bridgehead atoms. The molecule has 3 rings (SSSR count). The van der Waals surface area contributed by atoms with E-state index in [-0.39, 0.29) is 11.9 Å². The predicted octanol–water partition coefficient (Wildman–Crippen LogP) is 3.56. The highest BCUT2D eigenvalue weighted by atomic mass is 35.5. The third kappa shape index (κ3) is 2.47. The van der Waals surface area contributed by atoms with Crippen molar-refractivity contribution in [3.63, 3.8) is 0 Å². The van der Waals surface area contributed by atoms with Gasteiger partial charge >= 0.3 is 0 Å². The number of anilines is 2. The Morgan fingerprint density at radius 3 is 2.86 bits per heavy atom. The number of carbonyl (C=O) groups is 1. The van der Waals surface area contributed by atoms with Crippen molar-refractivity contribution in [1.82, 2.24) is 4.98 Å². The van der Waals surface area contributed by atoms with Crippen LogP contribution in [-0.4, -0.2) is 17.9 Å². The summed E-state index contributed by atoms with van der Waals surface area (Å²) < 4.78 is 0. The summed E-state index contributed by atoms with van der Waals surface area (Å²) in [5.41, 5.74) is 3.83. The molecule has 0 saturated carbocycles. The van der Waals surface area contributed by atoms with E-state index in [1.54, 1.807) is 18.1 Å². The fourth-order valence-electron chi connectivity index (χ4n) is 2.64. The molecule has 21 heavy (non-hydrogen) atoms. The van der Waals surface area contributed by atoms with Gasteiger partial charge in [-0.15, -0.1) is 0 Å². The maximum absolute atomic E-state index is 12.2. The normalized spacial score (nSPS) is 17.6. The van der Waals surface area contributed by atoms with Crippen molar-refractivity contribution in [2.45, 2.75) is 19.4 Å². The smallest absolute Gasteiger partial charge is 0.229 e. The molecule has 1 atom stereocenters. The van der Waals surface area contributed by atoms with Gasteiger partial charge < -0.3 is 10.2 Å². The van der Waals surface area contributed by atoms with Crippen LogP contribution in [0.4, 0.5) is 11.4 Å². The molecule has 1 N–H and O–H groups in total.